The van der Waals surface area contributed by atoms with Crippen LogP contribution in [0.15, 0.2) is 0 Å². The summed E-state index contributed by atoms with van der Waals surface area (Å²) in [4.78, 5) is 16.6. The third kappa shape index (κ3) is 3.23. The number of piperidine rings is 1. The quantitative estimate of drug-likeness (QED) is 0.712. The molecule has 2 aliphatic rings. The van der Waals surface area contributed by atoms with Gasteiger partial charge in [0, 0.05) is 19.1 Å². The van der Waals surface area contributed by atoms with Gasteiger partial charge >= 0.3 is 5.97 Å². The molecule has 2 heterocycles. The first-order valence-electron chi connectivity index (χ1n) is 7.37. The normalized spacial score (nSPS) is 28.2. The number of rotatable bonds is 4. The SMILES string of the molecule is CCOC(=O)C(C)N1CCC(N2CCCCC2)C1. The first-order chi connectivity index (χ1) is 8.72. The van der Waals surface area contributed by atoms with E-state index in [2.05, 4.69) is 9.80 Å². The summed E-state index contributed by atoms with van der Waals surface area (Å²) in [6, 6.07) is 0.571. The highest BCUT2D eigenvalue weighted by Crippen LogP contribution is 2.21. The number of likely N-dealkylation sites (tertiary alicyclic amines) is 2. The summed E-state index contributed by atoms with van der Waals surface area (Å²) in [7, 11) is 0. The van der Waals surface area contributed by atoms with Crippen LogP contribution in [0.25, 0.3) is 0 Å². The molecule has 4 heteroatoms. The van der Waals surface area contributed by atoms with E-state index < -0.39 is 0 Å². The Labute approximate surface area is 110 Å². The molecule has 0 amide bonds. The van der Waals surface area contributed by atoms with Gasteiger partial charge in [0.1, 0.15) is 6.04 Å². The van der Waals surface area contributed by atoms with E-state index in [1.54, 1.807) is 0 Å². The van der Waals surface area contributed by atoms with Gasteiger partial charge in [0.25, 0.3) is 0 Å². The zero-order chi connectivity index (χ0) is 13.0. The van der Waals surface area contributed by atoms with Gasteiger partial charge in [0.15, 0.2) is 0 Å². The molecule has 18 heavy (non-hydrogen) atoms. The molecular weight excluding hydrogens is 228 g/mol. The number of hydrogen-bond acceptors (Lipinski definition) is 4. The van der Waals surface area contributed by atoms with Crippen molar-refractivity contribution in [2.45, 2.75) is 51.6 Å². The average Bonchev–Trinajstić information content (AvgIpc) is 2.89. The number of esters is 1. The molecule has 104 valence electrons. The number of ether oxygens (including phenoxy) is 1. The van der Waals surface area contributed by atoms with E-state index in [9.17, 15) is 4.79 Å². The molecule has 0 N–H and O–H groups in total. The first-order valence-corrected chi connectivity index (χ1v) is 7.37. The van der Waals surface area contributed by atoms with Crippen molar-refractivity contribution in [3.8, 4) is 0 Å². The van der Waals surface area contributed by atoms with E-state index in [4.69, 9.17) is 4.74 Å². The summed E-state index contributed by atoms with van der Waals surface area (Å²) in [5.74, 6) is -0.0724. The van der Waals surface area contributed by atoms with Crippen LogP contribution < -0.4 is 0 Å². The van der Waals surface area contributed by atoms with E-state index in [1.807, 2.05) is 13.8 Å². The van der Waals surface area contributed by atoms with Crippen LogP contribution in [0, 0.1) is 0 Å². The topological polar surface area (TPSA) is 32.8 Å². The molecule has 4 nitrogen and oxygen atoms in total. The van der Waals surface area contributed by atoms with Crippen LogP contribution in [0.1, 0.15) is 39.5 Å². The minimum absolute atomic E-state index is 0.0724. The predicted octanol–water partition coefficient (Wildman–Crippen LogP) is 1.50. The van der Waals surface area contributed by atoms with Gasteiger partial charge in [-0.2, -0.15) is 0 Å². The molecule has 2 atom stereocenters. The van der Waals surface area contributed by atoms with E-state index >= 15 is 0 Å². The first kappa shape index (κ1) is 13.8. The molecule has 0 aromatic rings. The predicted molar refractivity (Wildman–Crippen MR) is 71.5 cm³/mol. The molecule has 0 aromatic heterocycles. The van der Waals surface area contributed by atoms with Crippen LogP contribution in [0.5, 0.6) is 0 Å². The minimum atomic E-state index is -0.0836. The average molecular weight is 254 g/mol. The Bertz CT molecular complexity index is 277. The second-order valence-corrected chi connectivity index (χ2v) is 5.46. The maximum atomic E-state index is 11.7. The molecule has 0 saturated carbocycles. The lowest BCUT2D eigenvalue weighted by Crippen LogP contribution is -2.44. The Morgan fingerprint density at radius 3 is 2.67 bits per heavy atom. The molecule has 0 aromatic carbocycles. The van der Waals surface area contributed by atoms with Crippen molar-refractivity contribution in [1.29, 1.82) is 0 Å². The number of carbonyl (C=O) groups excluding carboxylic acids is 1. The Balaban J connectivity index is 1.81. The maximum Gasteiger partial charge on any atom is 0.323 e. The molecule has 2 saturated heterocycles. The van der Waals surface area contributed by atoms with E-state index in [0.29, 0.717) is 12.6 Å². The fourth-order valence-corrected chi connectivity index (χ4v) is 3.11. The molecule has 0 radical (unpaired) electrons. The highest BCUT2D eigenvalue weighted by Gasteiger charge is 2.33. The summed E-state index contributed by atoms with van der Waals surface area (Å²) in [5, 5.41) is 0. The van der Waals surface area contributed by atoms with Crippen molar-refractivity contribution in [3.05, 3.63) is 0 Å². The van der Waals surface area contributed by atoms with E-state index in [-0.39, 0.29) is 12.0 Å². The molecule has 0 spiro atoms. The molecule has 2 aliphatic heterocycles. The van der Waals surface area contributed by atoms with Crippen molar-refractivity contribution in [2.75, 3.05) is 32.8 Å². The van der Waals surface area contributed by atoms with Gasteiger partial charge < -0.3 is 4.74 Å². The van der Waals surface area contributed by atoms with E-state index in [1.165, 1.54) is 38.8 Å². The summed E-state index contributed by atoms with van der Waals surface area (Å²) >= 11 is 0. The standard InChI is InChI=1S/C14H26N2O2/c1-3-18-14(17)12(2)16-10-7-13(11-16)15-8-5-4-6-9-15/h12-13H,3-11H2,1-2H3. The smallest absolute Gasteiger partial charge is 0.323 e. The van der Waals surface area contributed by atoms with Crippen molar-refractivity contribution in [1.82, 2.24) is 9.80 Å². The molecule has 2 unspecified atom stereocenters. The van der Waals surface area contributed by atoms with Crippen LogP contribution >= 0.6 is 0 Å². The molecular formula is C14H26N2O2. The Hall–Kier alpha value is -0.610. The zero-order valence-electron chi connectivity index (χ0n) is 11.7. The molecule has 2 rings (SSSR count). The van der Waals surface area contributed by atoms with Crippen molar-refractivity contribution in [2.24, 2.45) is 0 Å². The number of hydrogen-bond donors (Lipinski definition) is 0. The van der Waals surface area contributed by atoms with Crippen LogP contribution in [0.2, 0.25) is 0 Å². The Morgan fingerprint density at radius 2 is 2.00 bits per heavy atom. The third-order valence-corrected chi connectivity index (χ3v) is 4.28. The van der Waals surface area contributed by atoms with Crippen LogP contribution in [-0.2, 0) is 9.53 Å². The summed E-state index contributed by atoms with van der Waals surface area (Å²) in [6.45, 7) is 8.86. The fourth-order valence-electron chi connectivity index (χ4n) is 3.11. The molecule has 0 bridgehead atoms. The minimum Gasteiger partial charge on any atom is -0.465 e. The largest absolute Gasteiger partial charge is 0.465 e. The van der Waals surface area contributed by atoms with Gasteiger partial charge in [0.2, 0.25) is 0 Å². The summed E-state index contributed by atoms with van der Waals surface area (Å²) in [6.07, 6.45) is 5.25. The van der Waals surface area contributed by atoms with Crippen molar-refractivity contribution >= 4 is 5.97 Å². The second kappa shape index (κ2) is 6.53. The number of carbonyl (C=O) groups is 1. The zero-order valence-corrected chi connectivity index (χ0v) is 11.7. The van der Waals surface area contributed by atoms with E-state index in [0.717, 1.165) is 13.1 Å². The fraction of sp³-hybridized carbons (Fsp3) is 0.929. The highest BCUT2D eigenvalue weighted by atomic mass is 16.5. The van der Waals surface area contributed by atoms with Gasteiger partial charge in [-0.25, -0.2) is 0 Å². The summed E-state index contributed by atoms with van der Waals surface area (Å²) in [5.41, 5.74) is 0. The van der Waals surface area contributed by atoms with Gasteiger partial charge in [-0.3, -0.25) is 14.6 Å². The number of nitrogens with zero attached hydrogens (tertiary/aromatic N) is 2. The van der Waals surface area contributed by atoms with Gasteiger partial charge in [-0.05, 0) is 46.2 Å². The molecule has 0 aliphatic carbocycles. The van der Waals surface area contributed by atoms with Gasteiger partial charge in [-0.15, -0.1) is 0 Å². The van der Waals surface area contributed by atoms with Crippen LogP contribution in [-0.4, -0.2) is 60.6 Å². The monoisotopic (exact) mass is 254 g/mol. The lowest BCUT2D eigenvalue weighted by Gasteiger charge is -2.32. The lowest BCUT2D eigenvalue weighted by molar-refractivity contribution is -0.148. The van der Waals surface area contributed by atoms with Crippen molar-refractivity contribution < 1.29 is 9.53 Å². The van der Waals surface area contributed by atoms with Crippen LogP contribution in [0.3, 0.4) is 0 Å². The Morgan fingerprint density at radius 1 is 1.28 bits per heavy atom. The third-order valence-electron chi connectivity index (χ3n) is 4.28. The van der Waals surface area contributed by atoms with Crippen LogP contribution in [0.4, 0.5) is 0 Å². The maximum absolute atomic E-state index is 11.7. The van der Waals surface area contributed by atoms with Gasteiger partial charge in [-0.1, -0.05) is 6.42 Å². The highest BCUT2D eigenvalue weighted by molar-refractivity contribution is 5.75. The van der Waals surface area contributed by atoms with Crippen molar-refractivity contribution in [3.63, 3.8) is 0 Å². The summed E-state index contributed by atoms with van der Waals surface area (Å²) < 4.78 is 5.10. The Kier molecular flexibility index (Phi) is 5.01. The lowest BCUT2D eigenvalue weighted by atomic mass is 10.1. The molecule has 2 fully saturated rings. The van der Waals surface area contributed by atoms with Gasteiger partial charge in [0.05, 0.1) is 6.61 Å². The second-order valence-electron chi connectivity index (χ2n) is 5.46.